The Morgan fingerprint density at radius 1 is 1.20 bits per heavy atom. The number of benzene rings is 1. The summed E-state index contributed by atoms with van der Waals surface area (Å²) in [7, 11) is 0. The number of nitrogens with one attached hydrogen (secondary N) is 2. The third-order valence-electron chi connectivity index (χ3n) is 3.32. The number of hydrogen-bond donors (Lipinski definition) is 2. The Bertz CT molecular complexity index is 734. The number of anilines is 2. The second-order valence-electron chi connectivity index (χ2n) is 4.70. The molecule has 3 heterocycles. The zero-order valence-electron chi connectivity index (χ0n) is 10.8. The molecular formula is C14H13N5O. The van der Waals surface area contributed by atoms with Crippen LogP contribution in [0.15, 0.2) is 34.9 Å². The van der Waals surface area contributed by atoms with Gasteiger partial charge in [-0.1, -0.05) is 12.1 Å². The van der Waals surface area contributed by atoms with Gasteiger partial charge in [-0.3, -0.25) is 5.32 Å². The van der Waals surface area contributed by atoms with Crippen molar-refractivity contribution in [2.45, 2.75) is 13.0 Å². The molecule has 2 N–H and O–H groups in total. The first-order chi connectivity index (χ1) is 9.88. The van der Waals surface area contributed by atoms with Crippen LogP contribution in [0.5, 0.6) is 0 Å². The van der Waals surface area contributed by atoms with Crippen molar-refractivity contribution < 1.29 is 4.42 Å². The number of oxazole rings is 1. The highest BCUT2D eigenvalue weighted by Crippen LogP contribution is 2.21. The van der Waals surface area contributed by atoms with Crippen LogP contribution in [0.3, 0.4) is 0 Å². The lowest BCUT2D eigenvalue weighted by molar-refractivity contribution is 0.616. The predicted molar refractivity (Wildman–Crippen MR) is 74.7 cm³/mol. The van der Waals surface area contributed by atoms with E-state index >= 15 is 0 Å². The Kier molecular flexibility index (Phi) is 2.60. The van der Waals surface area contributed by atoms with Crippen LogP contribution in [-0.2, 0) is 13.0 Å². The summed E-state index contributed by atoms with van der Waals surface area (Å²) in [6.45, 7) is 1.78. The fourth-order valence-electron chi connectivity index (χ4n) is 2.32. The van der Waals surface area contributed by atoms with Gasteiger partial charge in [-0.2, -0.15) is 4.98 Å². The van der Waals surface area contributed by atoms with E-state index in [1.165, 1.54) is 0 Å². The van der Waals surface area contributed by atoms with Gasteiger partial charge in [0.25, 0.3) is 0 Å². The molecule has 0 bridgehead atoms. The van der Waals surface area contributed by atoms with Crippen molar-refractivity contribution in [2.24, 2.45) is 0 Å². The van der Waals surface area contributed by atoms with Gasteiger partial charge in [-0.25, -0.2) is 9.97 Å². The van der Waals surface area contributed by atoms with Crippen LogP contribution in [0.1, 0.15) is 11.3 Å². The van der Waals surface area contributed by atoms with E-state index in [0.717, 1.165) is 41.9 Å². The summed E-state index contributed by atoms with van der Waals surface area (Å²) in [6.07, 6.45) is 2.76. The minimum Gasteiger partial charge on any atom is -0.423 e. The molecule has 1 aromatic carbocycles. The Hall–Kier alpha value is -2.47. The molecule has 2 aromatic heterocycles. The van der Waals surface area contributed by atoms with Crippen LogP contribution in [-0.4, -0.2) is 21.5 Å². The van der Waals surface area contributed by atoms with E-state index in [4.69, 9.17) is 4.42 Å². The molecule has 6 heteroatoms. The Morgan fingerprint density at radius 2 is 2.15 bits per heavy atom. The van der Waals surface area contributed by atoms with Crippen LogP contribution in [0.2, 0.25) is 0 Å². The molecule has 0 amide bonds. The van der Waals surface area contributed by atoms with E-state index in [1.54, 1.807) is 0 Å². The molecule has 100 valence electrons. The highest BCUT2D eigenvalue weighted by Gasteiger charge is 2.13. The van der Waals surface area contributed by atoms with E-state index in [1.807, 2.05) is 30.5 Å². The second kappa shape index (κ2) is 4.57. The molecule has 0 atom stereocenters. The topological polar surface area (TPSA) is 75.9 Å². The van der Waals surface area contributed by atoms with Gasteiger partial charge in [0, 0.05) is 31.3 Å². The number of nitrogens with zero attached hydrogens (tertiary/aromatic N) is 3. The molecule has 0 saturated heterocycles. The fourth-order valence-corrected chi connectivity index (χ4v) is 2.32. The average Bonchev–Trinajstić information content (AvgIpc) is 2.89. The van der Waals surface area contributed by atoms with Crippen molar-refractivity contribution in [1.82, 2.24) is 20.3 Å². The second-order valence-corrected chi connectivity index (χ2v) is 4.70. The van der Waals surface area contributed by atoms with Crippen molar-refractivity contribution in [2.75, 3.05) is 11.9 Å². The van der Waals surface area contributed by atoms with Gasteiger partial charge >= 0.3 is 6.01 Å². The molecule has 20 heavy (non-hydrogen) atoms. The average molecular weight is 267 g/mol. The summed E-state index contributed by atoms with van der Waals surface area (Å²) in [5.74, 6) is 0.525. The van der Waals surface area contributed by atoms with Gasteiger partial charge in [-0.05, 0) is 12.1 Å². The minimum absolute atomic E-state index is 0.417. The number of hydrogen-bond acceptors (Lipinski definition) is 6. The maximum Gasteiger partial charge on any atom is 0.302 e. The van der Waals surface area contributed by atoms with Crippen molar-refractivity contribution >= 4 is 23.1 Å². The molecule has 4 rings (SSSR count). The maximum absolute atomic E-state index is 5.60. The standard InChI is InChI=1S/C14H13N5O/c1-2-4-12-11(3-1)18-14(20-12)19-13-16-8-9-7-15-6-5-10(9)17-13/h1-4,8,15H,5-7H2,(H,16,17,18,19). The summed E-state index contributed by atoms with van der Waals surface area (Å²) in [5, 5.41) is 6.32. The van der Waals surface area contributed by atoms with E-state index < -0.39 is 0 Å². The van der Waals surface area contributed by atoms with Crippen molar-refractivity contribution in [3.63, 3.8) is 0 Å². The molecule has 0 saturated carbocycles. The summed E-state index contributed by atoms with van der Waals surface area (Å²) in [4.78, 5) is 13.2. The maximum atomic E-state index is 5.60. The number of rotatable bonds is 2. The minimum atomic E-state index is 0.417. The molecule has 0 unspecified atom stereocenters. The molecule has 1 aliphatic heterocycles. The summed E-state index contributed by atoms with van der Waals surface area (Å²) in [5.41, 5.74) is 3.80. The fraction of sp³-hybridized carbons (Fsp3) is 0.214. The smallest absolute Gasteiger partial charge is 0.302 e. The molecule has 6 nitrogen and oxygen atoms in total. The zero-order chi connectivity index (χ0) is 13.4. The lowest BCUT2D eigenvalue weighted by atomic mass is 10.1. The third-order valence-corrected chi connectivity index (χ3v) is 3.32. The van der Waals surface area contributed by atoms with Gasteiger partial charge in [0.05, 0.1) is 5.69 Å². The van der Waals surface area contributed by atoms with Gasteiger partial charge in [0.15, 0.2) is 5.58 Å². The molecule has 0 radical (unpaired) electrons. The molecule has 0 spiro atoms. The lowest BCUT2D eigenvalue weighted by Gasteiger charge is -2.15. The third kappa shape index (κ3) is 2.00. The predicted octanol–water partition coefficient (Wildman–Crippen LogP) is 2.01. The first kappa shape index (κ1) is 11.4. The largest absolute Gasteiger partial charge is 0.423 e. The van der Waals surface area contributed by atoms with Gasteiger partial charge in [0.1, 0.15) is 5.52 Å². The lowest BCUT2D eigenvalue weighted by Crippen LogP contribution is -2.25. The van der Waals surface area contributed by atoms with Crippen LogP contribution in [0, 0.1) is 0 Å². The molecule has 0 aliphatic carbocycles. The van der Waals surface area contributed by atoms with Gasteiger partial charge < -0.3 is 9.73 Å². The number of fused-ring (bicyclic) bond motifs is 2. The zero-order valence-corrected chi connectivity index (χ0v) is 10.8. The van der Waals surface area contributed by atoms with E-state index in [2.05, 4.69) is 25.6 Å². The van der Waals surface area contributed by atoms with Crippen molar-refractivity contribution in [3.05, 3.63) is 41.7 Å². The van der Waals surface area contributed by atoms with E-state index in [9.17, 15) is 0 Å². The number of aromatic nitrogens is 3. The van der Waals surface area contributed by atoms with E-state index in [-0.39, 0.29) is 0 Å². The molecular weight excluding hydrogens is 254 g/mol. The summed E-state index contributed by atoms with van der Waals surface area (Å²) in [6, 6.07) is 8.05. The Balaban J connectivity index is 1.65. The molecule has 0 fully saturated rings. The normalized spacial score (nSPS) is 14.2. The van der Waals surface area contributed by atoms with Crippen molar-refractivity contribution in [3.8, 4) is 0 Å². The van der Waals surface area contributed by atoms with Crippen molar-refractivity contribution in [1.29, 1.82) is 0 Å². The number of para-hydroxylation sites is 2. The highest BCUT2D eigenvalue weighted by atomic mass is 16.4. The summed E-state index contributed by atoms with van der Waals surface area (Å²) >= 11 is 0. The Labute approximate surface area is 115 Å². The van der Waals surface area contributed by atoms with Gasteiger partial charge in [0.2, 0.25) is 5.95 Å². The quantitative estimate of drug-likeness (QED) is 0.739. The molecule has 1 aliphatic rings. The Morgan fingerprint density at radius 3 is 3.10 bits per heavy atom. The SMILES string of the molecule is c1ccc2oc(Nc3ncc4c(n3)CCNC4)nc2c1. The first-order valence-corrected chi connectivity index (χ1v) is 6.56. The van der Waals surface area contributed by atoms with Crippen LogP contribution >= 0.6 is 0 Å². The molecule has 3 aromatic rings. The van der Waals surface area contributed by atoms with Crippen LogP contribution in [0.25, 0.3) is 11.1 Å². The van der Waals surface area contributed by atoms with Crippen LogP contribution in [0.4, 0.5) is 12.0 Å². The monoisotopic (exact) mass is 267 g/mol. The first-order valence-electron chi connectivity index (χ1n) is 6.56. The van der Waals surface area contributed by atoms with Crippen LogP contribution < -0.4 is 10.6 Å². The highest BCUT2D eigenvalue weighted by molar-refractivity contribution is 5.74. The van der Waals surface area contributed by atoms with E-state index in [0.29, 0.717) is 12.0 Å². The van der Waals surface area contributed by atoms with Gasteiger partial charge in [-0.15, -0.1) is 0 Å². The summed E-state index contributed by atoms with van der Waals surface area (Å²) < 4.78 is 5.60.